The van der Waals surface area contributed by atoms with Crippen LogP contribution in [0, 0.1) is 11.8 Å². The van der Waals surface area contributed by atoms with Crippen molar-refractivity contribution in [2.45, 2.75) is 39.0 Å². The number of hydrogen-bond acceptors (Lipinski definition) is 3. The molecular formula is C17H22O3. The van der Waals surface area contributed by atoms with Crippen LogP contribution in [-0.2, 0) is 0 Å². The lowest BCUT2D eigenvalue weighted by atomic mass is 9.97. The van der Waals surface area contributed by atoms with Gasteiger partial charge in [-0.25, -0.2) is 0 Å². The van der Waals surface area contributed by atoms with Crippen molar-refractivity contribution in [1.82, 2.24) is 0 Å². The molecule has 0 radical (unpaired) electrons. The van der Waals surface area contributed by atoms with Crippen LogP contribution in [0.25, 0.3) is 0 Å². The first-order valence-electron chi connectivity index (χ1n) is 7.65. The van der Waals surface area contributed by atoms with Gasteiger partial charge in [-0.15, -0.1) is 0 Å². The van der Waals surface area contributed by atoms with Gasteiger partial charge in [-0.05, 0) is 24.1 Å². The molecule has 1 saturated carbocycles. The maximum Gasteiger partial charge on any atom is 0.163 e. The summed E-state index contributed by atoms with van der Waals surface area (Å²) in [5, 5.41) is 0. The Balaban J connectivity index is 1.72. The normalized spacial score (nSPS) is 22.6. The zero-order valence-corrected chi connectivity index (χ0v) is 12.1. The highest BCUT2D eigenvalue weighted by Crippen LogP contribution is 2.33. The number of carbonyl (C=O) groups is 1. The molecule has 3 heteroatoms. The Hall–Kier alpha value is -1.51. The number of ketones is 1. The molecule has 1 aromatic carbocycles. The van der Waals surface area contributed by atoms with Crippen LogP contribution in [-0.4, -0.2) is 19.0 Å². The topological polar surface area (TPSA) is 35.5 Å². The highest BCUT2D eigenvalue weighted by Gasteiger charge is 2.21. The summed E-state index contributed by atoms with van der Waals surface area (Å²) >= 11 is 0. The fraction of sp³-hybridized carbons (Fsp3) is 0.588. The zero-order valence-electron chi connectivity index (χ0n) is 12.1. The van der Waals surface area contributed by atoms with Crippen LogP contribution in [0.4, 0.5) is 0 Å². The van der Waals surface area contributed by atoms with Crippen LogP contribution < -0.4 is 9.47 Å². The molecule has 3 rings (SSSR count). The van der Waals surface area contributed by atoms with E-state index in [0.29, 0.717) is 37.2 Å². The second-order valence-electron chi connectivity index (χ2n) is 6.17. The van der Waals surface area contributed by atoms with Crippen molar-refractivity contribution in [2.75, 3.05) is 13.2 Å². The predicted octanol–water partition coefficient (Wildman–Crippen LogP) is 3.86. The van der Waals surface area contributed by atoms with Gasteiger partial charge >= 0.3 is 0 Å². The number of ether oxygens (including phenoxy) is 2. The summed E-state index contributed by atoms with van der Waals surface area (Å²) in [6.07, 6.45) is 5.63. The molecule has 0 bridgehead atoms. The molecule has 0 amide bonds. The predicted molar refractivity (Wildman–Crippen MR) is 77.5 cm³/mol. The van der Waals surface area contributed by atoms with E-state index in [9.17, 15) is 4.79 Å². The number of benzene rings is 1. The monoisotopic (exact) mass is 274 g/mol. The molecule has 1 fully saturated rings. The maximum absolute atomic E-state index is 12.3. The van der Waals surface area contributed by atoms with E-state index in [1.807, 2.05) is 18.2 Å². The van der Waals surface area contributed by atoms with Crippen LogP contribution in [0.5, 0.6) is 11.5 Å². The summed E-state index contributed by atoms with van der Waals surface area (Å²) < 4.78 is 11.4. The average molecular weight is 274 g/mol. The largest absolute Gasteiger partial charge is 0.489 e. The summed E-state index contributed by atoms with van der Waals surface area (Å²) in [4.78, 5) is 12.3. The van der Waals surface area contributed by atoms with Gasteiger partial charge in [0.05, 0.1) is 13.2 Å². The molecule has 1 unspecified atom stereocenters. The standard InChI is InChI=1S/C17H22O3/c1-12-10-19-16-7-6-14(9-17(16)20-11-12)15(18)8-13-4-2-3-5-13/h6-7,9,12-13H,2-5,8,10-11H2,1H3. The molecular weight excluding hydrogens is 252 g/mol. The number of carbonyl (C=O) groups excluding carboxylic acids is 1. The molecule has 0 saturated heterocycles. The molecule has 0 aromatic heterocycles. The third-order valence-corrected chi connectivity index (χ3v) is 4.26. The molecule has 0 N–H and O–H groups in total. The van der Waals surface area contributed by atoms with Crippen molar-refractivity contribution in [3.8, 4) is 11.5 Å². The second-order valence-corrected chi connectivity index (χ2v) is 6.17. The van der Waals surface area contributed by atoms with Crippen molar-refractivity contribution in [3.63, 3.8) is 0 Å². The van der Waals surface area contributed by atoms with Crippen molar-refractivity contribution in [3.05, 3.63) is 23.8 Å². The van der Waals surface area contributed by atoms with E-state index < -0.39 is 0 Å². The first-order valence-corrected chi connectivity index (χ1v) is 7.65. The Morgan fingerprint density at radius 1 is 1.15 bits per heavy atom. The van der Waals surface area contributed by atoms with E-state index in [4.69, 9.17) is 9.47 Å². The minimum atomic E-state index is 0.237. The van der Waals surface area contributed by atoms with E-state index in [-0.39, 0.29) is 5.78 Å². The minimum absolute atomic E-state index is 0.237. The van der Waals surface area contributed by atoms with Gasteiger partial charge in [-0.1, -0.05) is 32.6 Å². The van der Waals surface area contributed by atoms with E-state index >= 15 is 0 Å². The quantitative estimate of drug-likeness (QED) is 0.785. The molecule has 1 aliphatic carbocycles. The third-order valence-electron chi connectivity index (χ3n) is 4.26. The molecule has 2 aliphatic rings. The zero-order chi connectivity index (χ0) is 13.9. The molecule has 3 nitrogen and oxygen atoms in total. The Bertz CT molecular complexity index is 489. The van der Waals surface area contributed by atoms with E-state index in [1.54, 1.807) is 0 Å². The number of fused-ring (bicyclic) bond motifs is 1. The third kappa shape index (κ3) is 2.97. The van der Waals surface area contributed by atoms with Gasteiger partial charge in [0.2, 0.25) is 0 Å². The Morgan fingerprint density at radius 3 is 2.60 bits per heavy atom. The molecule has 1 heterocycles. The molecule has 1 aromatic rings. The van der Waals surface area contributed by atoms with E-state index in [1.165, 1.54) is 25.7 Å². The van der Waals surface area contributed by atoms with E-state index in [2.05, 4.69) is 6.92 Å². The Labute approximate surface area is 120 Å². The minimum Gasteiger partial charge on any atom is -0.489 e. The van der Waals surface area contributed by atoms with Crippen molar-refractivity contribution >= 4 is 5.78 Å². The van der Waals surface area contributed by atoms with Gasteiger partial charge in [0, 0.05) is 17.9 Å². The van der Waals surface area contributed by atoms with Gasteiger partial charge in [-0.2, -0.15) is 0 Å². The van der Waals surface area contributed by atoms with Crippen molar-refractivity contribution in [2.24, 2.45) is 11.8 Å². The number of hydrogen-bond donors (Lipinski definition) is 0. The van der Waals surface area contributed by atoms with Crippen LogP contribution >= 0.6 is 0 Å². The SMILES string of the molecule is CC1COc2ccc(C(=O)CC3CCCC3)cc2OC1. The lowest BCUT2D eigenvalue weighted by molar-refractivity contribution is 0.0961. The smallest absolute Gasteiger partial charge is 0.163 e. The lowest BCUT2D eigenvalue weighted by Gasteiger charge is -2.11. The van der Waals surface area contributed by atoms with Crippen LogP contribution in [0.2, 0.25) is 0 Å². The highest BCUT2D eigenvalue weighted by molar-refractivity contribution is 5.96. The van der Waals surface area contributed by atoms with Crippen LogP contribution in [0.3, 0.4) is 0 Å². The fourth-order valence-electron chi connectivity index (χ4n) is 3.02. The maximum atomic E-state index is 12.3. The Kier molecular flexibility index (Phi) is 3.95. The Morgan fingerprint density at radius 2 is 1.85 bits per heavy atom. The molecule has 20 heavy (non-hydrogen) atoms. The van der Waals surface area contributed by atoms with Gasteiger partial charge in [-0.3, -0.25) is 4.79 Å². The van der Waals surface area contributed by atoms with Crippen LogP contribution in [0.15, 0.2) is 18.2 Å². The summed E-state index contributed by atoms with van der Waals surface area (Å²) in [6, 6.07) is 5.59. The highest BCUT2D eigenvalue weighted by atomic mass is 16.5. The van der Waals surface area contributed by atoms with Crippen molar-refractivity contribution < 1.29 is 14.3 Å². The summed E-state index contributed by atoms with van der Waals surface area (Å²) in [7, 11) is 0. The second kappa shape index (κ2) is 5.86. The van der Waals surface area contributed by atoms with Crippen LogP contribution in [0.1, 0.15) is 49.4 Å². The summed E-state index contributed by atoms with van der Waals surface area (Å²) in [5.74, 6) is 2.66. The summed E-state index contributed by atoms with van der Waals surface area (Å²) in [6.45, 7) is 3.41. The molecule has 1 atom stereocenters. The average Bonchev–Trinajstić information content (AvgIpc) is 2.88. The van der Waals surface area contributed by atoms with Gasteiger partial charge in [0.1, 0.15) is 0 Å². The van der Waals surface area contributed by atoms with Gasteiger partial charge in [0.15, 0.2) is 17.3 Å². The lowest BCUT2D eigenvalue weighted by Crippen LogP contribution is -2.12. The first kappa shape index (κ1) is 13.5. The molecule has 0 spiro atoms. The number of rotatable bonds is 3. The van der Waals surface area contributed by atoms with Gasteiger partial charge in [0.25, 0.3) is 0 Å². The van der Waals surface area contributed by atoms with Crippen molar-refractivity contribution in [1.29, 1.82) is 0 Å². The summed E-state index contributed by atoms with van der Waals surface area (Å²) in [5.41, 5.74) is 0.758. The van der Waals surface area contributed by atoms with E-state index in [0.717, 1.165) is 11.3 Å². The van der Waals surface area contributed by atoms with Gasteiger partial charge < -0.3 is 9.47 Å². The molecule has 108 valence electrons. The first-order chi connectivity index (χ1) is 9.72. The fourth-order valence-corrected chi connectivity index (χ4v) is 3.02. The molecule has 1 aliphatic heterocycles. The number of Topliss-reactive ketones (excluding diaryl/α,β-unsaturated/α-hetero) is 1.